The lowest BCUT2D eigenvalue weighted by Crippen LogP contribution is -2.53. The number of phenolic OH excluding ortho intramolecular Hbond substituents is 1. The van der Waals surface area contributed by atoms with E-state index in [1.165, 1.54) is 33.4 Å². The van der Waals surface area contributed by atoms with E-state index in [4.69, 9.17) is 0 Å². The Hall–Kier alpha value is -6.10. The summed E-state index contributed by atoms with van der Waals surface area (Å²) in [7, 11) is 0. The normalized spacial score (nSPS) is 19.8. The molecule has 5 aromatic rings. The third-order valence-electron chi connectivity index (χ3n) is 11.5. The molecule has 0 saturated carbocycles. The van der Waals surface area contributed by atoms with Crippen molar-refractivity contribution in [1.82, 2.24) is 25.0 Å². The molecule has 59 heavy (non-hydrogen) atoms. The van der Waals surface area contributed by atoms with E-state index in [2.05, 4.69) is 50.2 Å². The molecule has 13 nitrogen and oxygen atoms in total. The van der Waals surface area contributed by atoms with Crippen LogP contribution < -0.4 is 15.5 Å². The van der Waals surface area contributed by atoms with Crippen molar-refractivity contribution in [2.45, 2.75) is 43.4 Å². The summed E-state index contributed by atoms with van der Waals surface area (Å²) in [6.07, 6.45) is 1.99. The van der Waals surface area contributed by atoms with Crippen LogP contribution in [0, 0.1) is 5.82 Å². The molecular weight excluding hydrogens is 794 g/mol. The Labute approximate surface area is 347 Å². The fraction of sp³-hybridized carbons (Fsp3) is 0.256. The van der Waals surface area contributed by atoms with Gasteiger partial charge in [0.2, 0.25) is 11.8 Å². The van der Waals surface area contributed by atoms with Gasteiger partial charge in [-0.05, 0) is 76.7 Å². The molecule has 5 heterocycles. The van der Waals surface area contributed by atoms with Crippen LogP contribution in [0.2, 0.25) is 0 Å². The minimum atomic E-state index is -1.31. The Bertz CT molecular complexity index is 2510. The average molecular weight is 832 g/mol. The molecular formula is C43H38FN7O6S2. The molecule has 0 bridgehead atoms. The van der Waals surface area contributed by atoms with E-state index in [0.717, 1.165) is 66.3 Å². The van der Waals surface area contributed by atoms with E-state index in [-0.39, 0.29) is 42.5 Å². The lowest BCUT2D eigenvalue weighted by molar-refractivity contribution is -0.137. The Morgan fingerprint density at radius 1 is 0.932 bits per heavy atom. The molecule has 2 saturated heterocycles. The summed E-state index contributed by atoms with van der Waals surface area (Å²) < 4.78 is 14.4. The van der Waals surface area contributed by atoms with Crippen LogP contribution >= 0.6 is 24.0 Å². The number of amides is 5. The monoisotopic (exact) mass is 831 g/mol. The highest BCUT2D eigenvalue weighted by molar-refractivity contribution is 7.80. The largest absolute Gasteiger partial charge is 0.508 e. The predicted octanol–water partition coefficient (Wildman–Crippen LogP) is 5.50. The van der Waals surface area contributed by atoms with Gasteiger partial charge in [0, 0.05) is 79.6 Å². The second kappa shape index (κ2) is 15.6. The number of nitrogens with one attached hydrogen (secondary N) is 2. The number of phenols is 1. The lowest BCUT2D eigenvalue weighted by atomic mass is 10.00. The second-order valence-electron chi connectivity index (χ2n) is 15.0. The number of carbonyl (C=O) groups excluding carboxylic acids is 5. The van der Waals surface area contributed by atoms with Crippen LogP contribution in [0.4, 0.5) is 15.2 Å². The third-order valence-corrected chi connectivity index (χ3v) is 12.7. The number of thiol groups is 1. The van der Waals surface area contributed by atoms with Crippen molar-refractivity contribution in [3.05, 3.63) is 130 Å². The Morgan fingerprint density at radius 2 is 1.71 bits per heavy atom. The fourth-order valence-corrected chi connectivity index (χ4v) is 9.45. The zero-order valence-electron chi connectivity index (χ0n) is 31.5. The Morgan fingerprint density at radius 3 is 2.46 bits per heavy atom. The first kappa shape index (κ1) is 38.4. The molecule has 4 aromatic carbocycles. The number of halogens is 1. The molecule has 3 unspecified atom stereocenters. The average Bonchev–Trinajstić information content (AvgIpc) is 3.93. The van der Waals surface area contributed by atoms with Crippen molar-refractivity contribution in [3.63, 3.8) is 0 Å². The first-order chi connectivity index (χ1) is 28.5. The smallest absolute Gasteiger partial charge is 0.256 e. The quantitative estimate of drug-likeness (QED) is 0.111. The van der Waals surface area contributed by atoms with Gasteiger partial charge in [0.25, 0.3) is 17.7 Å². The van der Waals surface area contributed by atoms with Crippen LogP contribution in [0.3, 0.4) is 0 Å². The highest BCUT2D eigenvalue weighted by Crippen LogP contribution is 2.41. The zero-order chi connectivity index (χ0) is 40.9. The van der Waals surface area contributed by atoms with E-state index in [1.54, 1.807) is 5.38 Å². The van der Waals surface area contributed by atoms with Crippen molar-refractivity contribution in [3.8, 4) is 16.9 Å². The summed E-state index contributed by atoms with van der Waals surface area (Å²) in [6, 6.07) is 20.9. The molecule has 300 valence electrons. The van der Waals surface area contributed by atoms with Crippen LogP contribution in [0.15, 0.2) is 90.4 Å². The summed E-state index contributed by atoms with van der Waals surface area (Å²) in [5.74, 6) is -3.02. The highest BCUT2D eigenvalue weighted by atomic mass is 32.1. The predicted molar refractivity (Wildman–Crippen MR) is 221 cm³/mol. The Balaban J connectivity index is 0.841. The van der Waals surface area contributed by atoms with Crippen molar-refractivity contribution in [2.75, 3.05) is 36.4 Å². The number of anilines is 2. The van der Waals surface area contributed by atoms with Crippen LogP contribution in [0.25, 0.3) is 11.1 Å². The maximum Gasteiger partial charge on any atom is 0.256 e. The van der Waals surface area contributed by atoms with Crippen LogP contribution in [0.1, 0.15) is 67.2 Å². The number of hydrogen-bond donors (Lipinski definition) is 4. The van der Waals surface area contributed by atoms with Crippen LogP contribution in [-0.4, -0.2) is 86.5 Å². The molecule has 3 atom stereocenters. The summed E-state index contributed by atoms with van der Waals surface area (Å²) >= 11 is 5.88. The minimum Gasteiger partial charge on any atom is -0.508 e. The molecule has 2 fully saturated rings. The molecule has 0 radical (unpaired) electrons. The number of rotatable bonds is 9. The standard InChI is InChI=1S/C43H38FN7O6S2/c44-28-6-11-35(52)33(21-28)37(39(55)47-43-45-13-18-59-43)50-23-27-3-2-26(20-31(27)40(50)56)25-4-7-29(8-5-25)49-16-14-48(15-17-49)22-24-1-9-30-32(19-24)41(57)51(42(30)58)34-10-12-36(53)46-38(34)54/h1-9,11,13,18-21,34,37,42,52,58H,10,12,14-17,22-23H2,(H,45,47,55)(H,46,53,54). The summed E-state index contributed by atoms with van der Waals surface area (Å²) in [6.45, 7) is 3.97. The SMILES string of the molecule is O=C1CCC(N2C(=O)c3cc(CN4CCN(c5ccc(-c6ccc7c(c6)C(=O)N(C(C(=O)Nc6nccs6)c6cc(F)ccc6O)C7)cc5)CC4)ccc3C2S)C(=O)N1. The summed E-state index contributed by atoms with van der Waals surface area (Å²) in [4.78, 5) is 76.9. The summed E-state index contributed by atoms with van der Waals surface area (Å²) in [5.41, 5.74) is 6.21. The number of hydrogen-bond acceptors (Lipinski definition) is 11. The van der Waals surface area contributed by atoms with Gasteiger partial charge in [-0.2, -0.15) is 0 Å². The number of piperazine rings is 1. The van der Waals surface area contributed by atoms with E-state index in [0.29, 0.717) is 28.4 Å². The van der Waals surface area contributed by atoms with Crippen LogP contribution in [-0.2, 0) is 27.5 Å². The number of benzene rings is 4. The number of carbonyl (C=O) groups is 5. The van der Waals surface area contributed by atoms with E-state index >= 15 is 0 Å². The van der Waals surface area contributed by atoms with E-state index < -0.39 is 41.0 Å². The lowest BCUT2D eigenvalue weighted by Gasteiger charge is -2.36. The minimum absolute atomic E-state index is 0.0244. The van der Waals surface area contributed by atoms with Crippen molar-refractivity contribution < 1.29 is 33.5 Å². The number of fused-ring (bicyclic) bond motifs is 2. The molecule has 16 heteroatoms. The van der Waals surface area contributed by atoms with Gasteiger partial charge in [0.15, 0.2) is 5.13 Å². The molecule has 0 spiro atoms. The number of aromatic hydroxyl groups is 1. The van der Waals surface area contributed by atoms with Crippen LogP contribution in [0.5, 0.6) is 5.75 Å². The third kappa shape index (κ3) is 7.32. The molecule has 0 aliphatic carbocycles. The van der Waals surface area contributed by atoms with E-state index in [1.807, 2.05) is 48.5 Å². The molecule has 1 aromatic heterocycles. The number of nitrogens with zero attached hydrogens (tertiary/aromatic N) is 5. The molecule has 5 amide bonds. The number of piperidine rings is 1. The zero-order valence-corrected chi connectivity index (χ0v) is 33.2. The molecule has 3 N–H and O–H groups in total. The van der Waals surface area contributed by atoms with Gasteiger partial charge in [0.05, 0.1) is 0 Å². The maximum atomic E-state index is 14.4. The van der Waals surface area contributed by atoms with Gasteiger partial charge >= 0.3 is 0 Å². The summed E-state index contributed by atoms with van der Waals surface area (Å²) in [5, 5.41) is 17.2. The van der Waals surface area contributed by atoms with Gasteiger partial charge in [0.1, 0.15) is 29.0 Å². The maximum absolute atomic E-state index is 14.4. The molecule has 9 rings (SSSR count). The van der Waals surface area contributed by atoms with Crippen molar-refractivity contribution in [2.24, 2.45) is 0 Å². The number of imide groups is 1. The fourth-order valence-electron chi connectivity index (χ4n) is 8.42. The first-order valence-corrected chi connectivity index (χ1v) is 20.6. The van der Waals surface area contributed by atoms with Gasteiger partial charge in [-0.15, -0.1) is 24.0 Å². The van der Waals surface area contributed by atoms with Gasteiger partial charge < -0.3 is 19.8 Å². The topological polar surface area (TPSA) is 155 Å². The van der Waals surface area contributed by atoms with Crippen molar-refractivity contribution >= 4 is 64.3 Å². The van der Waals surface area contributed by atoms with Gasteiger partial charge in [-0.1, -0.05) is 36.4 Å². The van der Waals surface area contributed by atoms with Gasteiger partial charge in [-0.25, -0.2) is 9.37 Å². The van der Waals surface area contributed by atoms with Gasteiger partial charge in [-0.3, -0.25) is 39.5 Å². The van der Waals surface area contributed by atoms with Crippen molar-refractivity contribution in [1.29, 1.82) is 0 Å². The molecule has 4 aliphatic rings. The number of aromatic nitrogens is 1. The molecule has 4 aliphatic heterocycles. The Kier molecular flexibility index (Phi) is 10.1. The first-order valence-electron chi connectivity index (χ1n) is 19.2. The number of thiazole rings is 1. The second-order valence-corrected chi connectivity index (χ2v) is 16.4. The van der Waals surface area contributed by atoms with E-state index in [9.17, 15) is 33.5 Å². The highest BCUT2D eigenvalue weighted by Gasteiger charge is 2.44.